The largest absolute Gasteiger partial charge is 0.337 e. The van der Waals surface area contributed by atoms with Crippen molar-refractivity contribution in [2.45, 2.75) is 44.8 Å². The van der Waals surface area contributed by atoms with Gasteiger partial charge in [0.05, 0.1) is 11.7 Å². The average Bonchev–Trinajstić information content (AvgIpc) is 3.00. The molecule has 0 spiro atoms. The number of carbonyl (C=O) groups excluding carboxylic acids is 1. The van der Waals surface area contributed by atoms with E-state index in [4.69, 9.17) is 0 Å². The van der Waals surface area contributed by atoms with E-state index in [1.165, 1.54) is 12.8 Å². The van der Waals surface area contributed by atoms with Crippen molar-refractivity contribution >= 4 is 5.91 Å². The first-order valence-electron chi connectivity index (χ1n) is 6.67. The molecule has 1 saturated heterocycles. The predicted molar refractivity (Wildman–Crippen MR) is 67.9 cm³/mol. The van der Waals surface area contributed by atoms with Crippen molar-refractivity contribution < 1.29 is 4.79 Å². The van der Waals surface area contributed by atoms with Crippen LogP contribution in [-0.4, -0.2) is 39.2 Å². The van der Waals surface area contributed by atoms with E-state index in [2.05, 4.69) is 10.4 Å². The van der Waals surface area contributed by atoms with Gasteiger partial charge in [-0.25, -0.2) is 0 Å². The third-order valence-corrected chi connectivity index (χ3v) is 3.79. The lowest BCUT2D eigenvalue weighted by Crippen LogP contribution is -2.39. The molecular weight excluding hydrogens is 228 g/mol. The summed E-state index contributed by atoms with van der Waals surface area (Å²) in [5.74, 6) is 0.255. The summed E-state index contributed by atoms with van der Waals surface area (Å²) in [5, 5.41) is 7.74. The van der Waals surface area contributed by atoms with Crippen molar-refractivity contribution in [2.75, 3.05) is 6.54 Å². The molecule has 98 valence electrons. The number of carbonyl (C=O) groups is 1. The zero-order chi connectivity index (χ0) is 12.7. The van der Waals surface area contributed by atoms with Crippen LogP contribution in [0, 0.1) is 6.92 Å². The van der Waals surface area contributed by atoms with Crippen molar-refractivity contribution in [3.8, 4) is 0 Å². The zero-order valence-electron chi connectivity index (χ0n) is 11.0. The first-order valence-corrected chi connectivity index (χ1v) is 6.67. The van der Waals surface area contributed by atoms with Gasteiger partial charge in [-0.2, -0.15) is 5.10 Å². The fourth-order valence-electron chi connectivity index (χ4n) is 2.59. The normalized spacial score (nSPS) is 24.0. The van der Waals surface area contributed by atoms with Crippen LogP contribution in [0.25, 0.3) is 0 Å². The van der Waals surface area contributed by atoms with Gasteiger partial charge in [0.1, 0.15) is 0 Å². The van der Waals surface area contributed by atoms with Gasteiger partial charge in [0.25, 0.3) is 0 Å². The fraction of sp³-hybridized carbons (Fsp3) is 0.692. The molecule has 18 heavy (non-hydrogen) atoms. The Morgan fingerprint density at radius 1 is 1.44 bits per heavy atom. The van der Waals surface area contributed by atoms with Crippen LogP contribution >= 0.6 is 0 Å². The van der Waals surface area contributed by atoms with Crippen LogP contribution in [0.3, 0.4) is 0 Å². The minimum absolute atomic E-state index is 0.0504. The molecule has 1 aliphatic carbocycles. The molecule has 3 rings (SSSR count). The van der Waals surface area contributed by atoms with Crippen LogP contribution in [0.2, 0.25) is 0 Å². The average molecular weight is 248 g/mol. The van der Waals surface area contributed by atoms with Gasteiger partial charge in [-0.1, -0.05) is 0 Å². The maximum absolute atomic E-state index is 12.2. The Morgan fingerprint density at radius 3 is 2.83 bits per heavy atom. The van der Waals surface area contributed by atoms with Crippen molar-refractivity contribution in [1.29, 1.82) is 0 Å². The summed E-state index contributed by atoms with van der Waals surface area (Å²) < 4.78 is 1.81. The van der Waals surface area contributed by atoms with Gasteiger partial charge < -0.3 is 10.2 Å². The Kier molecular flexibility index (Phi) is 2.86. The maximum atomic E-state index is 12.2. The first kappa shape index (κ1) is 11.7. The van der Waals surface area contributed by atoms with E-state index in [1.54, 1.807) is 0 Å². The third kappa shape index (κ3) is 2.27. The molecule has 5 nitrogen and oxygen atoms in total. The predicted octanol–water partition coefficient (Wildman–Crippen LogP) is 0.581. The monoisotopic (exact) mass is 248 g/mol. The molecule has 0 aromatic carbocycles. The van der Waals surface area contributed by atoms with E-state index < -0.39 is 0 Å². The molecule has 0 radical (unpaired) electrons. The number of nitrogens with one attached hydrogen (secondary N) is 1. The number of aromatic nitrogens is 2. The summed E-state index contributed by atoms with van der Waals surface area (Å²) in [4.78, 5) is 14.2. The van der Waals surface area contributed by atoms with E-state index >= 15 is 0 Å². The zero-order valence-corrected chi connectivity index (χ0v) is 11.0. The van der Waals surface area contributed by atoms with E-state index in [9.17, 15) is 4.79 Å². The lowest BCUT2D eigenvalue weighted by molar-refractivity contribution is -0.129. The number of hydrogen-bond acceptors (Lipinski definition) is 3. The minimum atomic E-state index is 0.0504. The highest BCUT2D eigenvalue weighted by molar-refractivity contribution is 5.84. The van der Waals surface area contributed by atoms with Crippen LogP contribution in [-0.2, 0) is 18.4 Å². The number of hydrogen-bond donors (Lipinski definition) is 1. The summed E-state index contributed by atoms with van der Waals surface area (Å²) >= 11 is 0. The second-order valence-electron chi connectivity index (χ2n) is 5.46. The third-order valence-electron chi connectivity index (χ3n) is 3.79. The molecule has 5 heteroatoms. The number of likely N-dealkylation sites (tertiary alicyclic amines) is 1. The van der Waals surface area contributed by atoms with Crippen molar-refractivity contribution in [3.63, 3.8) is 0 Å². The van der Waals surface area contributed by atoms with Crippen LogP contribution in [0.1, 0.15) is 30.5 Å². The van der Waals surface area contributed by atoms with E-state index in [0.29, 0.717) is 12.6 Å². The summed E-state index contributed by atoms with van der Waals surface area (Å²) in [6, 6.07) is 0.647. The van der Waals surface area contributed by atoms with E-state index in [0.717, 1.165) is 24.2 Å². The smallest absolute Gasteiger partial charge is 0.240 e. The standard InChI is InChI=1S/C13H20N4O/c1-9-10(7-16(2)15-9)8-17-6-5-12(13(17)18)14-11-3-4-11/h7,11-12,14H,3-6,8H2,1-2H3. The Hall–Kier alpha value is -1.36. The number of rotatable bonds is 4. The molecule has 1 saturated carbocycles. The summed E-state index contributed by atoms with van der Waals surface area (Å²) in [6.45, 7) is 3.55. The van der Waals surface area contributed by atoms with Gasteiger partial charge in [0, 0.05) is 37.9 Å². The van der Waals surface area contributed by atoms with Gasteiger partial charge in [0.15, 0.2) is 0 Å². The second-order valence-corrected chi connectivity index (χ2v) is 5.46. The van der Waals surface area contributed by atoms with Gasteiger partial charge in [-0.3, -0.25) is 9.48 Å². The lowest BCUT2D eigenvalue weighted by atomic mass is 10.2. The molecule has 1 unspecified atom stereocenters. The van der Waals surface area contributed by atoms with Crippen LogP contribution < -0.4 is 5.32 Å². The molecule has 1 aromatic heterocycles. The lowest BCUT2D eigenvalue weighted by Gasteiger charge is -2.16. The number of aryl methyl sites for hydroxylation is 2. The highest BCUT2D eigenvalue weighted by Gasteiger charge is 2.35. The topological polar surface area (TPSA) is 50.2 Å². The minimum Gasteiger partial charge on any atom is -0.337 e. The number of amides is 1. The molecule has 2 fully saturated rings. The Morgan fingerprint density at radius 2 is 2.22 bits per heavy atom. The molecule has 1 aromatic rings. The molecule has 1 amide bonds. The Balaban J connectivity index is 1.63. The van der Waals surface area contributed by atoms with Gasteiger partial charge in [0.2, 0.25) is 5.91 Å². The van der Waals surface area contributed by atoms with Crippen LogP contribution in [0.4, 0.5) is 0 Å². The second kappa shape index (κ2) is 4.39. The summed E-state index contributed by atoms with van der Waals surface area (Å²) in [7, 11) is 1.92. The van der Waals surface area contributed by atoms with Crippen LogP contribution in [0.5, 0.6) is 0 Å². The molecule has 2 heterocycles. The van der Waals surface area contributed by atoms with Gasteiger partial charge in [-0.15, -0.1) is 0 Å². The molecule has 1 aliphatic heterocycles. The van der Waals surface area contributed by atoms with Crippen LogP contribution in [0.15, 0.2) is 6.20 Å². The highest BCUT2D eigenvalue weighted by atomic mass is 16.2. The molecule has 1 atom stereocenters. The number of nitrogens with zero attached hydrogens (tertiary/aromatic N) is 3. The Labute approximate surface area is 107 Å². The van der Waals surface area contributed by atoms with Gasteiger partial charge >= 0.3 is 0 Å². The van der Waals surface area contributed by atoms with Crippen molar-refractivity contribution in [2.24, 2.45) is 7.05 Å². The fourth-order valence-corrected chi connectivity index (χ4v) is 2.59. The van der Waals surface area contributed by atoms with E-state index in [1.807, 2.05) is 29.7 Å². The summed E-state index contributed by atoms with van der Waals surface area (Å²) in [6.07, 6.45) is 5.40. The SMILES string of the molecule is Cc1nn(C)cc1CN1CCC(NC2CC2)C1=O. The quantitative estimate of drug-likeness (QED) is 0.848. The molecule has 2 aliphatic rings. The highest BCUT2D eigenvalue weighted by Crippen LogP contribution is 2.23. The first-order chi connectivity index (χ1) is 8.63. The summed E-state index contributed by atoms with van der Waals surface area (Å²) in [5.41, 5.74) is 2.17. The van der Waals surface area contributed by atoms with Gasteiger partial charge in [-0.05, 0) is 26.2 Å². The maximum Gasteiger partial charge on any atom is 0.240 e. The molecular formula is C13H20N4O. The Bertz CT molecular complexity index is 464. The van der Waals surface area contributed by atoms with Crippen molar-refractivity contribution in [3.05, 3.63) is 17.5 Å². The van der Waals surface area contributed by atoms with E-state index in [-0.39, 0.29) is 11.9 Å². The molecule has 0 bridgehead atoms. The van der Waals surface area contributed by atoms with Crippen molar-refractivity contribution in [1.82, 2.24) is 20.0 Å². The molecule has 1 N–H and O–H groups in total.